The van der Waals surface area contributed by atoms with Gasteiger partial charge in [0.15, 0.2) is 11.5 Å². The average Bonchev–Trinajstić information content (AvgIpc) is 3.38. The Bertz CT molecular complexity index is 1000. The lowest BCUT2D eigenvalue weighted by Crippen LogP contribution is -2.28. The zero-order chi connectivity index (χ0) is 17.2. The number of thiophene rings is 1. The maximum Gasteiger partial charge on any atom is 0.273 e. The molecule has 1 atom stereocenters. The number of nitrogens with zero attached hydrogens (tertiary/aromatic N) is 1. The molecule has 1 aromatic carbocycles. The Hall–Kier alpha value is -2.90. The predicted molar refractivity (Wildman–Crippen MR) is 93.3 cm³/mol. The van der Waals surface area contributed by atoms with Gasteiger partial charge in [0.05, 0.1) is 12.4 Å². The fourth-order valence-corrected chi connectivity index (χ4v) is 3.57. The molecule has 3 aromatic heterocycles. The molecule has 6 nitrogen and oxygen atoms in total. The van der Waals surface area contributed by atoms with Gasteiger partial charge in [0.2, 0.25) is 5.76 Å². The Labute approximate surface area is 146 Å². The predicted octanol–water partition coefficient (Wildman–Crippen LogP) is 3.61. The Morgan fingerprint density at radius 1 is 1.24 bits per heavy atom. The maximum absolute atomic E-state index is 12.2. The third-order valence-electron chi connectivity index (χ3n) is 3.83. The van der Waals surface area contributed by atoms with Crippen molar-refractivity contribution < 1.29 is 18.8 Å². The van der Waals surface area contributed by atoms with Crippen molar-refractivity contribution in [1.29, 1.82) is 0 Å². The molecule has 4 aromatic rings. The van der Waals surface area contributed by atoms with Crippen LogP contribution in [0.15, 0.2) is 63.0 Å². The fraction of sp³-hybridized carbons (Fsp3) is 0.111. The van der Waals surface area contributed by atoms with Crippen molar-refractivity contribution in [1.82, 2.24) is 10.5 Å². The number of amides is 1. The van der Waals surface area contributed by atoms with Gasteiger partial charge in [-0.25, -0.2) is 0 Å². The summed E-state index contributed by atoms with van der Waals surface area (Å²) in [5, 5.41) is 19.7. The van der Waals surface area contributed by atoms with Crippen LogP contribution in [0.25, 0.3) is 21.6 Å². The van der Waals surface area contributed by atoms with Crippen LogP contribution in [0, 0.1) is 0 Å². The second kappa shape index (κ2) is 6.54. The smallest absolute Gasteiger partial charge is 0.273 e. The summed E-state index contributed by atoms with van der Waals surface area (Å²) in [6, 6.07) is 12.8. The first-order valence-corrected chi connectivity index (χ1v) is 8.53. The van der Waals surface area contributed by atoms with Gasteiger partial charge >= 0.3 is 0 Å². The highest BCUT2D eigenvalue weighted by Gasteiger charge is 2.18. The van der Waals surface area contributed by atoms with E-state index in [9.17, 15) is 9.90 Å². The lowest BCUT2D eigenvalue weighted by atomic mass is 10.1. The Kier molecular flexibility index (Phi) is 4.09. The van der Waals surface area contributed by atoms with E-state index >= 15 is 0 Å². The number of carbonyl (C=O) groups is 1. The van der Waals surface area contributed by atoms with Crippen LogP contribution in [-0.4, -0.2) is 22.7 Å². The van der Waals surface area contributed by atoms with Gasteiger partial charge in [0, 0.05) is 22.9 Å². The number of nitrogens with one attached hydrogen (secondary N) is 1. The van der Waals surface area contributed by atoms with Gasteiger partial charge in [-0.05, 0) is 29.0 Å². The van der Waals surface area contributed by atoms with Crippen LogP contribution in [0.3, 0.4) is 0 Å². The molecule has 0 saturated heterocycles. The SMILES string of the molecule is O=C(NC[C@@H](O)c1csc2ccccc12)c1cc(-c2ccco2)on1. The number of rotatable bonds is 5. The number of furan rings is 1. The molecule has 0 spiro atoms. The summed E-state index contributed by atoms with van der Waals surface area (Å²) in [6.07, 6.45) is 0.718. The highest BCUT2D eigenvalue weighted by molar-refractivity contribution is 7.17. The zero-order valence-electron chi connectivity index (χ0n) is 13.0. The normalized spacial score (nSPS) is 12.4. The van der Waals surface area contributed by atoms with Crippen LogP contribution in [0.4, 0.5) is 0 Å². The van der Waals surface area contributed by atoms with E-state index in [0.717, 1.165) is 15.6 Å². The molecule has 0 bridgehead atoms. The minimum absolute atomic E-state index is 0.0858. The van der Waals surface area contributed by atoms with Crippen LogP contribution in [0.1, 0.15) is 22.2 Å². The monoisotopic (exact) mass is 354 g/mol. The van der Waals surface area contributed by atoms with E-state index in [4.69, 9.17) is 8.94 Å². The first-order valence-electron chi connectivity index (χ1n) is 7.65. The van der Waals surface area contributed by atoms with Crippen LogP contribution >= 0.6 is 11.3 Å². The van der Waals surface area contributed by atoms with Crippen molar-refractivity contribution in [2.45, 2.75) is 6.10 Å². The van der Waals surface area contributed by atoms with Crippen LogP contribution < -0.4 is 5.32 Å². The minimum Gasteiger partial charge on any atom is -0.461 e. The number of carbonyl (C=O) groups excluding carboxylic acids is 1. The van der Waals surface area contributed by atoms with Crippen molar-refractivity contribution in [2.75, 3.05) is 6.54 Å². The summed E-state index contributed by atoms with van der Waals surface area (Å²) in [5.74, 6) is 0.455. The number of aliphatic hydroxyl groups is 1. The van der Waals surface area contributed by atoms with E-state index < -0.39 is 12.0 Å². The van der Waals surface area contributed by atoms with Gasteiger partial charge in [0.1, 0.15) is 0 Å². The second-order valence-electron chi connectivity index (χ2n) is 5.47. The van der Waals surface area contributed by atoms with Crippen molar-refractivity contribution in [3.63, 3.8) is 0 Å². The number of fused-ring (bicyclic) bond motifs is 1. The third-order valence-corrected chi connectivity index (χ3v) is 4.81. The molecule has 0 unspecified atom stereocenters. The standard InChI is InChI=1S/C18H14N2O4S/c21-14(12-10-25-17-6-2-1-4-11(12)17)9-19-18(22)13-8-16(24-20-13)15-5-3-7-23-15/h1-8,10,14,21H,9H2,(H,19,22)/t14-/m1/s1. The molecule has 3 heterocycles. The van der Waals surface area contributed by atoms with Crippen molar-refractivity contribution >= 4 is 27.3 Å². The lowest BCUT2D eigenvalue weighted by molar-refractivity contribution is 0.0908. The number of benzene rings is 1. The quantitative estimate of drug-likeness (QED) is 0.571. The fourth-order valence-electron chi connectivity index (χ4n) is 2.56. The molecule has 0 saturated carbocycles. The average molecular weight is 354 g/mol. The van der Waals surface area contributed by atoms with E-state index in [-0.39, 0.29) is 12.2 Å². The van der Waals surface area contributed by atoms with Gasteiger partial charge in [-0.1, -0.05) is 23.4 Å². The molecule has 4 rings (SSSR count). The molecule has 7 heteroatoms. The number of aliphatic hydroxyl groups excluding tert-OH is 1. The molecule has 0 aliphatic heterocycles. The maximum atomic E-state index is 12.2. The highest BCUT2D eigenvalue weighted by Crippen LogP contribution is 2.30. The van der Waals surface area contributed by atoms with Gasteiger partial charge in [-0.3, -0.25) is 4.79 Å². The molecule has 25 heavy (non-hydrogen) atoms. The summed E-state index contributed by atoms with van der Waals surface area (Å²) in [6.45, 7) is 0.0858. The van der Waals surface area contributed by atoms with Crippen molar-refractivity contribution in [2.24, 2.45) is 0 Å². The molecule has 2 N–H and O–H groups in total. The van der Waals surface area contributed by atoms with Gasteiger partial charge in [-0.2, -0.15) is 0 Å². The summed E-state index contributed by atoms with van der Waals surface area (Å²) in [5.41, 5.74) is 0.936. The number of hydrogen-bond acceptors (Lipinski definition) is 6. The Balaban J connectivity index is 1.43. The molecular weight excluding hydrogens is 340 g/mol. The third kappa shape index (κ3) is 3.07. The Morgan fingerprint density at radius 3 is 2.96 bits per heavy atom. The molecule has 1 amide bonds. The minimum atomic E-state index is -0.795. The molecule has 126 valence electrons. The largest absolute Gasteiger partial charge is 0.461 e. The lowest BCUT2D eigenvalue weighted by Gasteiger charge is -2.10. The molecule has 0 radical (unpaired) electrons. The van der Waals surface area contributed by atoms with Crippen LogP contribution in [0.2, 0.25) is 0 Å². The van der Waals surface area contributed by atoms with Crippen molar-refractivity contribution in [3.05, 3.63) is 65.4 Å². The zero-order valence-corrected chi connectivity index (χ0v) is 13.8. The van der Waals surface area contributed by atoms with Gasteiger partial charge in [-0.15, -0.1) is 11.3 Å². The van der Waals surface area contributed by atoms with Gasteiger partial charge in [0.25, 0.3) is 5.91 Å². The molecule has 0 aliphatic carbocycles. The van der Waals surface area contributed by atoms with E-state index in [1.165, 1.54) is 12.3 Å². The number of aromatic nitrogens is 1. The topological polar surface area (TPSA) is 88.5 Å². The van der Waals surface area contributed by atoms with Crippen LogP contribution in [-0.2, 0) is 0 Å². The first-order chi connectivity index (χ1) is 12.2. The van der Waals surface area contributed by atoms with Crippen LogP contribution in [0.5, 0.6) is 0 Å². The molecule has 0 fully saturated rings. The summed E-state index contributed by atoms with van der Waals surface area (Å²) < 4.78 is 11.4. The molecule has 0 aliphatic rings. The van der Waals surface area contributed by atoms with E-state index in [2.05, 4.69) is 10.5 Å². The number of hydrogen-bond donors (Lipinski definition) is 2. The van der Waals surface area contributed by atoms with Gasteiger partial charge < -0.3 is 19.4 Å². The Morgan fingerprint density at radius 2 is 2.12 bits per heavy atom. The molecular formula is C18H14N2O4S. The van der Waals surface area contributed by atoms with E-state index in [0.29, 0.717) is 11.5 Å². The second-order valence-corrected chi connectivity index (χ2v) is 6.38. The summed E-state index contributed by atoms with van der Waals surface area (Å²) >= 11 is 1.56. The first kappa shape index (κ1) is 15.6. The van der Waals surface area contributed by atoms with E-state index in [1.54, 1.807) is 23.5 Å². The highest BCUT2D eigenvalue weighted by atomic mass is 32.1. The van der Waals surface area contributed by atoms with Crippen molar-refractivity contribution in [3.8, 4) is 11.5 Å². The van der Waals surface area contributed by atoms with E-state index in [1.807, 2.05) is 29.6 Å². The summed E-state index contributed by atoms with van der Waals surface area (Å²) in [7, 11) is 0. The summed E-state index contributed by atoms with van der Waals surface area (Å²) in [4.78, 5) is 12.2.